The van der Waals surface area contributed by atoms with Crippen molar-refractivity contribution in [3.05, 3.63) is 65.2 Å². The van der Waals surface area contributed by atoms with Crippen LogP contribution in [0, 0.1) is 11.3 Å². The van der Waals surface area contributed by atoms with Gasteiger partial charge in [-0.3, -0.25) is 0 Å². The minimum absolute atomic E-state index is 0.0635. The van der Waals surface area contributed by atoms with Gasteiger partial charge in [-0.25, -0.2) is 13.2 Å². The van der Waals surface area contributed by atoms with E-state index in [0.29, 0.717) is 16.8 Å². The number of hydrogen-bond acceptors (Lipinski definition) is 7. The predicted molar refractivity (Wildman–Crippen MR) is 88.2 cm³/mol. The van der Waals surface area contributed by atoms with Crippen molar-refractivity contribution < 1.29 is 18.3 Å². The Morgan fingerprint density at radius 3 is 2.35 bits per heavy atom. The molecule has 0 fully saturated rings. The highest BCUT2D eigenvalue weighted by molar-refractivity contribution is 7.90. The Morgan fingerprint density at radius 1 is 1.12 bits per heavy atom. The first kappa shape index (κ1) is 17.2. The molecule has 0 saturated carbocycles. The van der Waals surface area contributed by atoms with E-state index in [1.165, 1.54) is 48.5 Å². The molecule has 26 heavy (non-hydrogen) atoms. The number of sulfone groups is 1. The molecule has 0 spiro atoms. The molecule has 0 aliphatic carbocycles. The van der Waals surface area contributed by atoms with E-state index < -0.39 is 15.8 Å². The largest absolute Gasteiger partial charge is 0.478 e. The van der Waals surface area contributed by atoms with Crippen molar-refractivity contribution in [3.63, 3.8) is 0 Å². The van der Waals surface area contributed by atoms with E-state index in [1.54, 1.807) is 0 Å². The lowest BCUT2D eigenvalue weighted by Crippen LogP contribution is -2.13. The molecule has 3 rings (SSSR count). The maximum atomic E-state index is 12.7. The van der Waals surface area contributed by atoms with Gasteiger partial charge < -0.3 is 5.11 Å². The first-order valence-corrected chi connectivity index (χ1v) is 8.90. The van der Waals surface area contributed by atoms with E-state index in [4.69, 9.17) is 10.4 Å². The van der Waals surface area contributed by atoms with E-state index in [0.717, 1.165) is 4.68 Å². The van der Waals surface area contributed by atoms with Crippen LogP contribution in [0.5, 0.6) is 0 Å². The first-order chi connectivity index (χ1) is 12.4. The summed E-state index contributed by atoms with van der Waals surface area (Å²) in [6.07, 6.45) is 0. The molecule has 2 aromatic carbocycles. The fraction of sp³-hybridized carbons (Fsp3) is 0.0625. The molecule has 0 saturated heterocycles. The minimum Gasteiger partial charge on any atom is -0.478 e. The number of tetrazole rings is 1. The lowest BCUT2D eigenvalue weighted by molar-refractivity contribution is 0.0697. The van der Waals surface area contributed by atoms with Crippen LogP contribution in [0.25, 0.3) is 5.69 Å². The van der Waals surface area contributed by atoms with Gasteiger partial charge in [-0.2, -0.15) is 9.94 Å². The summed E-state index contributed by atoms with van der Waals surface area (Å²) in [5, 5.41) is 28.1. The zero-order valence-electron chi connectivity index (χ0n) is 13.1. The lowest BCUT2D eigenvalue weighted by Gasteiger charge is -2.06. The fourth-order valence-electron chi connectivity index (χ4n) is 2.24. The zero-order valence-corrected chi connectivity index (χ0v) is 14.0. The third-order valence-corrected chi connectivity index (χ3v) is 5.04. The van der Waals surface area contributed by atoms with Crippen LogP contribution in [0.1, 0.15) is 21.5 Å². The molecule has 0 atom stereocenters. The molecule has 9 nitrogen and oxygen atoms in total. The van der Waals surface area contributed by atoms with Gasteiger partial charge in [-0.15, -0.1) is 0 Å². The van der Waals surface area contributed by atoms with Crippen molar-refractivity contribution in [3.8, 4) is 11.8 Å². The third-order valence-electron chi connectivity index (χ3n) is 3.52. The van der Waals surface area contributed by atoms with Crippen LogP contribution in [0.4, 0.5) is 0 Å². The number of carbonyl (C=O) groups is 1. The Bertz CT molecular complexity index is 1100. The number of aromatic nitrogens is 4. The van der Waals surface area contributed by atoms with Crippen molar-refractivity contribution in [1.82, 2.24) is 20.2 Å². The Balaban J connectivity index is 1.92. The SMILES string of the molecule is N#Cc1ccc(-n2nnnc2S(=O)(=O)Cc2ccc(C(=O)O)cc2)cc1. The van der Waals surface area contributed by atoms with Crippen LogP contribution in [0.2, 0.25) is 0 Å². The quantitative estimate of drug-likeness (QED) is 0.708. The lowest BCUT2D eigenvalue weighted by atomic mass is 10.1. The van der Waals surface area contributed by atoms with E-state index in [9.17, 15) is 13.2 Å². The number of aromatic carboxylic acids is 1. The third kappa shape index (κ3) is 3.42. The van der Waals surface area contributed by atoms with Crippen LogP contribution in [-0.4, -0.2) is 39.7 Å². The standard InChI is InChI=1S/C16H11N5O4S/c17-9-11-3-7-14(8-4-11)21-16(18-19-20-21)26(24,25)10-12-1-5-13(6-2-12)15(22)23/h1-8H,10H2,(H,22,23). The maximum absolute atomic E-state index is 12.7. The van der Waals surface area contributed by atoms with Crippen molar-refractivity contribution in [2.45, 2.75) is 10.9 Å². The van der Waals surface area contributed by atoms with Gasteiger partial charge in [0.25, 0.3) is 5.16 Å². The molecule has 0 amide bonds. The summed E-state index contributed by atoms with van der Waals surface area (Å²) in [5.41, 5.74) is 1.29. The molecule has 1 N–H and O–H groups in total. The van der Waals surface area contributed by atoms with Gasteiger partial charge in [-0.05, 0) is 52.4 Å². The first-order valence-electron chi connectivity index (χ1n) is 7.24. The van der Waals surface area contributed by atoms with Crippen molar-refractivity contribution >= 4 is 15.8 Å². The summed E-state index contributed by atoms with van der Waals surface area (Å²) >= 11 is 0. The molecule has 0 radical (unpaired) electrons. The van der Waals surface area contributed by atoms with Crippen molar-refractivity contribution in [2.24, 2.45) is 0 Å². The zero-order chi connectivity index (χ0) is 18.7. The number of benzene rings is 2. The molecular weight excluding hydrogens is 358 g/mol. The molecule has 10 heteroatoms. The molecular formula is C16H11N5O4S. The van der Waals surface area contributed by atoms with E-state index in [2.05, 4.69) is 15.5 Å². The molecule has 130 valence electrons. The van der Waals surface area contributed by atoms with Gasteiger partial charge in [0.05, 0.1) is 28.6 Å². The van der Waals surface area contributed by atoms with Crippen LogP contribution in [0.3, 0.4) is 0 Å². The van der Waals surface area contributed by atoms with Gasteiger partial charge in [0.15, 0.2) is 0 Å². The Morgan fingerprint density at radius 2 is 1.77 bits per heavy atom. The number of nitriles is 1. The highest BCUT2D eigenvalue weighted by Gasteiger charge is 2.24. The number of nitrogens with zero attached hydrogens (tertiary/aromatic N) is 5. The summed E-state index contributed by atoms with van der Waals surface area (Å²) in [4.78, 5) is 10.9. The Labute approximate surface area is 148 Å². The molecule has 3 aromatic rings. The normalized spacial score (nSPS) is 11.0. The Hall–Kier alpha value is -3.58. The monoisotopic (exact) mass is 369 g/mol. The fourth-order valence-corrected chi connectivity index (χ4v) is 3.57. The van der Waals surface area contributed by atoms with Gasteiger partial charge in [-0.1, -0.05) is 17.2 Å². The second kappa shape index (κ2) is 6.73. The highest BCUT2D eigenvalue weighted by Crippen LogP contribution is 2.18. The van der Waals surface area contributed by atoms with Crippen molar-refractivity contribution in [2.75, 3.05) is 0 Å². The molecule has 1 heterocycles. The van der Waals surface area contributed by atoms with E-state index >= 15 is 0 Å². The van der Waals surface area contributed by atoms with Crippen LogP contribution >= 0.6 is 0 Å². The van der Waals surface area contributed by atoms with Crippen LogP contribution < -0.4 is 0 Å². The van der Waals surface area contributed by atoms with E-state index in [-0.39, 0.29) is 16.5 Å². The summed E-state index contributed by atoms with van der Waals surface area (Å²) in [6.45, 7) is 0. The molecule has 1 aromatic heterocycles. The number of hydrogen-bond donors (Lipinski definition) is 1. The average molecular weight is 369 g/mol. The van der Waals surface area contributed by atoms with Gasteiger partial charge in [0, 0.05) is 0 Å². The summed E-state index contributed by atoms with van der Waals surface area (Å²) in [5.74, 6) is -1.48. The predicted octanol–water partition coefficient (Wildman–Crippen LogP) is 1.21. The summed E-state index contributed by atoms with van der Waals surface area (Å²) < 4.78 is 26.4. The molecule has 0 aliphatic heterocycles. The summed E-state index contributed by atoms with van der Waals surface area (Å²) in [7, 11) is -3.88. The van der Waals surface area contributed by atoms with E-state index in [1.807, 2.05) is 6.07 Å². The highest BCUT2D eigenvalue weighted by atomic mass is 32.2. The smallest absolute Gasteiger partial charge is 0.335 e. The van der Waals surface area contributed by atoms with Crippen LogP contribution in [0.15, 0.2) is 53.7 Å². The topological polar surface area (TPSA) is 139 Å². The number of rotatable bonds is 5. The molecule has 0 aliphatic rings. The Kier molecular flexibility index (Phi) is 4.47. The average Bonchev–Trinajstić information content (AvgIpc) is 3.13. The second-order valence-electron chi connectivity index (χ2n) is 5.29. The maximum Gasteiger partial charge on any atom is 0.335 e. The number of carboxylic acid groups (broad SMARTS) is 1. The summed E-state index contributed by atoms with van der Waals surface area (Å²) in [6, 6.07) is 13.6. The number of carboxylic acids is 1. The second-order valence-corrected chi connectivity index (χ2v) is 7.18. The molecule has 0 bridgehead atoms. The van der Waals surface area contributed by atoms with Gasteiger partial charge in [0.2, 0.25) is 9.84 Å². The van der Waals surface area contributed by atoms with Gasteiger partial charge >= 0.3 is 5.97 Å². The minimum atomic E-state index is -3.88. The van der Waals surface area contributed by atoms with Gasteiger partial charge in [0.1, 0.15) is 0 Å². The van der Waals surface area contributed by atoms with Crippen LogP contribution in [-0.2, 0) is 15.6 Å². The van der Waals surface area contributed by atoms with Crippen molar-refractivity contribution in [1.29, 1.82) is 5.26 Å². The molecule has 0 unspecified atom stereocenters.